The minimum absolute atomic E-state index is 0.0499. The van der Waals surface area contributed by atoms with Crippen LogP contribution in [0.3, 0.4) is 0 Å². The van der Waals surface area contributed by atoms with E-state index in [2.05, 4.69) is 20.3 Å². The third-order valence-electron chi connectivity index (χ3n) is 5.55. The Morgan fingerprint density at radius 1 is 1.00 bits per heavy atom. The highest BCUT2D eigenvalue weighted by atomic mass is 32.2. The van der Waals surface area contributed by atoms with E-state index in [0.29, 0.717) is 21.8 Å². The van der Waals surface area contributed by atoms with E-state index in [1.165, 1.54) is 17.4 Å². The van der Waals surface area contributed by atoms with E-state index >= 15 is 0 Å². The van der Waals surface area contributed by atoms with Gasteiger partial charge in [-0.25, -0.2) is 22.9 Å². The molecule has 10 heteroatoms. The number of carbonyl (C=O) groups is 1. The molecular weight excluding hydrogens is 518 g/mol. The molecule has 1 atom stereocenters. The van der Waals surface area contributed by atoms with Gasteiger partial charge >= 0.3 is 6.03 Å². The summed E-state index contributed by atoms with van der Waals surface area (Å²) < 4.78 is 29.7. The molecule has 0 aliphatic heterocycles. The molecule has 3 aromatic carbocycles. The van der Waals surface area contributed by atoms with Crippen LogP contribution >= 0.6 is 11.3 Å². The predicted octanol–water partition coefficient (Wildman–Crippen LogP) is 6.02. The van der Waals surface area contributed by atoms with Crippen molar-refractivity contribution in [2.45, 2.75) is 44.2 Å². The van der Waals surface area contributed by atoms with Gasteiger partial charge in [0.2, 0.25) is 10.0 Å². The lowest BCUT2D eigenvalue weighted by molar-refractivity contribution is 0.249. The number of nitrogens with two attached hydrogens (primary N) is 1. The SMILES string of the molecule is CC(NC(=O)Nc1ccc(-c2cnc(-c3ccc(N)cc3)s2)c(S(=O)(=O)NC(C)(C)C)c1)c1ccccc1. The van der Waals surface area contributed by atoms with Crippen molar-refractivity contribution in [3.8, 4) is 21.0 Å². The number of hydrogen-bond donors (Lipinski definition) is 4. The maximum atomic E-state index is 13.5. The monoisotopic (exact) mass is 549 g/mol. The summed E-state index contributed by atoms with van der Waals surface area (Å²) in [6.07, 6.45) is 1.66. The summed E-state index contributed by atoms with van der Waals surface area (Å²) in [5.74, 6) is 0. The minimum Gasteiger partial charge on any atom is -0.399 e. The molecule has 198 valence electrons. The average Bonchev–Trinajstić information content (AvgIpc) is 3.33. The van der Waals surface area contributed by atoms with Crippen LogP contribution in [-0.2, 0) is 10.0 Å². The zero-order valence-corrected chi connectivity index (χ0v) is 23.3. The zero-order valence-electron chi connectivity index (χ0n) is 21.6. The van der Waals surface area contributed by atoms with Crippen LogP contribution in [0, 0.1) is 0 Å². The van der Waals surface area contributed by atoms with E-state index < -0.39 is 21.6 Å². The number of nitrogens with zero attached hydrogens (tertiary/aromatic N) is 1. The van der Waals surface area contributed by atoms with Gasteiger partial charge in [-0.05, 0) is 69.7 Å². The average molecular weight is 550 g/mol. The third kappa shape index (κ3) is 6.77. The van der Waals surface area contributed by atoms with Crippen molar-refractivity contribution in [1.82, 2.24) is 15.0 Å². The van der Waals surface area contributed by atoms with E-state index in [0.717, 1.165) is 16.1 Å². The van der Waals surface area contributed by atoms with Gasteiger partial charge in [-0.3, -0.25) is 0 Å². The molecule has 2 amide bonds. The fourth-order valence-electron chi connectivity index (χ4n) is 3.83. The van der Waals surface area contributed by atoms with Gasteiger partial charge in [0.25, 0.3) is 0 Å². The number of carbonyl (C=O) groups excluding carboxylic acids is 1. The second-order valence-electron chi connectivity index (χ2n) is 9.95. The molecule has 1 unspecified atom stereocenters. The number of urea groups is 1. The van der Waals surface area contributed by atoms with Gasteiger partial charge in [0.15, 0.2) is 0 Å². The van der Waals surface area contributed by atoms with E-state index in [1.54, 1.807) is 51.2 Å². The molecule has 0 bridgehead atoms. The van der Waals surface area contributed by atoms with Crippen LogP contribution in [0.25, 0.3) is 21.0 Å². The van der Waals surface area contributed by atoms with Crippen LogP contribution in [0.15, 0.2) is 83.9 Å². The number of aromatic nitrogens is 1. The van der Waals surface area contributed by atoms with Crippen molar-refractivity contribution in [3.63, 3.8) is 0 Å². The number of benzene rings is 3. The summed E-state index contributed by atoms with van der Waals surface area (Å²) in [5, 5.41) is 6.39. The Balaban J connectivity index is 1.66. The first-order chi connectivity index (χ1) is 17.9. The van der Waals surface area contributed by atoms with Gasteiger partial charge < -0.3 is 16.4 Å². The number of amides is 2. The zero-order chi connectivity index (χ0) is 27.5. The molecule has 0 saturated carbocycles. The summed E-state index contributed by atoms with van der Waals surface area (Å²) >= 11 is 1.38. The standard InChI is InChI=1S/C28H31N5O3S2/c1-18(19-8-6-5-7-9-19)31-27(34)32-22-14-15-23(25(16-22)38(35,36)33-28(2,3)4)24-17-30-26(37-24)20-10-12-21(29)13-11-20/h5-18,33H,29H2,1-4H3,(H2,31,32,34). The Labute approximate surface area is 227 Å². The second kappa shape index (κ2) is 10.9. The highest BCUT2D eigenvalue weighted by Crippen LogP contribution is 2.37. The van der Waals surface area contributed by atoms with Crippen molar-refractivity contribution in [2.75, 3.05) is 11.1 Å². The van der Waals surface area contributed by atoms with E-state index in [-0.39, 0.29) is 10.9 Å². The van der Waals surface area contributed by atoms with Crippen LogP contribution in [0.1, 0.15) is 39.3 Å². The molecule has 0 radical (unpaired) electrons. The smallest absolute Gasteiger partial charge is 0.319 e. The van der Waals surface area contributed by atoms with Gasteiger partial charge in [0.1, 0.15) is 5.01 Å². The van der Waals surface area contributed by atoms with Crippen molar-refractivity contribution in [1.29, 1.82) is 0 Å². The van der Waals surface area contributed by atoms with Crippen LogP contribution in [0.4, 0.5) is 16.2 Å². The molecule has 38 heavy (non-hydrogen) atoms. The predicted molar refractivity (Wildman–Crippen MR) is 154 cm³/mol. The topological polar surface area (TPSA) is 126 Å². The maximum absolute atomic E-state index is 13.5. The third-order valence-corrected chi connectivity index (χ3v) is 8.42. The fourth-order valence-corrected chi connectivity index (χ4v) is 6.52. The van der Waals surface area contributed by atoms with Crippen LogP contribution in [0.5, 0.6) is 0 Å². The summed E-state index contributed by atoms with van der Waals surface area (Å²) in [7, 11) is -3.94. The summed E-state index contributed by atoms with van der Waals surface area (Å²) in [4.78, 5) is 18.0. The molecule has 4 aromatic rings. The Bertz CT molecular complexity index is 1530. The molecule has 5 N–H and O–H groups in total. The first-order valence-corrected chi connectivity index (χ1v) is 14.3. The Morgan fingerprint density at radius 3 is 2.34 bits per heavy atom. The Hall–Kier alpha value is -3.73. The lowest BCUT2D eigenvalue weighted by atomic mass is 10.1. The largest absolute Gasteiger partial charge is 0.399 e. The first-order valence-electron chi connectivity index (χ1n) is 12.0. The number of nitrogen functional groups attached to an aromatic ring is 1. The highest BCUT2D eigenvalue weighted by molar-refractivity contribution is 7.89. The quantitative estimate of drug-likeness (QED) is 0.210. The van der Waals surface area contributed by atoms with Crippen molar-refractivity contribution in [2.24, 2.45) is 0 Å². The highest BCUT2D eigenvalue weighted by Gasteiger charge is 2.26. The van der Waals surface area contributed by atoms with Gasteiger partial charge in [-0.1, -0.05) is 36.4 Å². The molecular formula is C28H31N5O3S2. The number of rotatable bonds is 7. The second-order valence-corrected chi connectivity index (χ2v) is 12.6. The number of thiazole rings is 1. The summed E-state index contributed by atoms with van der Waals surface area (Å²) in [6, 6.07) is 21.1. The first kappa shape index (κ1) is 27.3. The van der Waals surface area contributed by atoms with Crippen molar-refractivity contribution < 1.29 is 13.2 Å². The number of nitrogens with one attached hydrogen (secondary N) is 3. The van der Waals surface area contributed by atoms with Gasteiger partial charge in [0, 0.05) is 34.2 Å². The molecule has 1 heterocycles. The number of hydrogen-bond acceptors (Lipinski definition) is 6. The molecule has 4 rings (SSSR count). The molecule has 0 aliphatic carbocycles. The molecule has 0 fully saturated rings. The lowest BCUT2D eigenvalue weighted by Crippen LogP contribution is -2.40. The molecule has 0 saturated heterocycles. The molecule has 0 aliphatic rings. The summed E-state index contributed by atoms with van der Waals surface area (Å²) in [6.45, 7) is 7.20. The van der Waals surface area contributed by atoms with Gasteiger partial charge in [0.05, 0.1) is 15.8 Å². The van der Waals surface area contributed by atoms with Crippen LogP contribution in [0.2, 0.25) is 0 Å². The van der Waals surface area contributed by atoms with E-state index in [1.807, 2.05) is 49.4 Å². The fraction of sp³-hybridized carbons (Fsp3) is 0.214. The lowest BCUT2D eigenvalue weighted by Gasteiger charge is -2.22. The number of sulfonamides is 1. The Kier molecular flexibility index (Phi) is 7.86. The van der Waals surface area contributed by atoms with E-state index in [9.17, 15) is 13.2 Å². The molecule has 8 nitrogen and oxygen atoms in total. The van der Waals surface area contributed by atoms with Crippen LogP contribution in [-0.4, -0.2) is 25.0 Å². The van der Waals surface area contributed by atoms with E-state index in [4.69, 9.17) is 5.73 Å². The van der Waals surface area contributed by atoms with Gasteiger partial charge in [-0.15, -0.1) is 11.3 Å². The molecule has 1 aromatic heterocycles. The summed E-state index contributed by atoms with van der Waals surface area (Å²) in [5.41, 5.74) is 8.43. The Morgan fingerprint density at radius 2 is 1.68 bits per heavy atom. The minimum atomic E-state index is -3.94. The molecule has 0 spiro atoms. The van der Waals surface area contributed by atoms with Crippen molar-refractivity contribution in [3.05, 3.63) is 84.6 Å². The maximum Gasteiger partial charge on any atom is 0.319 e. The number of anilines is 2. The van der Waals surface area contributed by atoms with Gasteiger partial charge in [-0.2, -0.15) is 0 Å². The normalized spacial score (nSPS) is 12.6. The van der Waals surface area contributed by atoms with Crippen molar-refractivity contribution >= 4 is 38.8 Å². The van der Waals surface area contributed by atoms with Crippen LogP contribution < -0.4 is 21.1 Å².